The van der Waals surface area contributed by atoms with Crippen molar-refractivity contribution in [2.24, 2.45) is 17.8 Å². The summed E-state index contributed by atoms with van der Waals surface area (Å²) in [5.41, 5.74) is 0. The second kappa shape index (κ2) is 8.21. The molecule has 2 saturated carbocycles. The molecule has 0 amide bonds. The largest absolute Gasteiger partial charge is 0.364 e. The summed E-state index contributed by atoms with van der Waals surface area (Å²) >= 11 is 2.48. The highest BCUT2D eigenvalue weighted by molar-refractivity contribution is 14.1. The summed E-state index contributed by atoms with van der Waals surface area (Å²) in [7, 11) is 0. The fourth-order valence-electron chi connectivity index (χ4n) is 4.32. The maximum absolute atomic E-state index is 6.35. The van der Waals surface area contributed by atoms with Gasteiger partial charge < -0.3 is 4.74 Å². The van der Waals surface area contributed by atoms with E-state index in [9.17, 15) is 0 Å². The molecule has 4 unspecified atom stereocenters. The molecule has 0 aliphatic heterocycles. The summed E-state index contributed by atoms with van der Waals surface area (Å²) in [5, 5.41) is 0. The number of fused-ring (bicyclic) bond motifs is 1. The Labute approximate surface area is 133 Å². The number of unbranched alkanes of at least 4 members (excludes halogenated alkanes) is 1. The van der Waals surface area contributed by atoms with Crippen molar-refractivity contribution in [3.05, 3.63) is 0 Å². The fourth-order valence-corrected chi connectivity index (χ4v) is 4.70. The van der Waals surface area contributed by atoms with Crippen LogP contribution < -0.4 is 0 Å². The Balaban J connectivity index is 1.95. The predicted molar refractivity (Wildman–Crippen MR) is 90.7 cm³/mol. The first-order valence-electron chi connectivity index (χ1n) is 8.55. The number of halogens is 1. The van der Waals surface area contributed by atoms with Gasteiger partial charge in [-0.2, -0.15) is 0 Å². The third-order valence-electron chi connectivity index (χ3n) is 5.35. The Kier molecular flexibility index (Phi) is 6.94. The van der Waals surface area contributed by atoms with Crippen LogP contribution in [0, 0.1) is 17.8 Å². The first-order valence-corrected chi connectivity index (χ1v) is 9.80. The Bertz CT molecular complexity index is 256. The van der Waals surface area contributed by atoms with E-state index in [4.69, 9.17) is 4.74 Å². The summed E-state index contributed by atoms with van der Waals surface area (Å²) in [6, 6.07) is 0. The SMILES string of the molecule is CCCCC1CCC(O[C@H](I)CC)C2CCCCC12. The fraction of sp³-hybridized carbons (Fsp3) is 1.00. The average Bonchev–Trinajstić information content (AvgIpc) is 2.46. The van der Waals surface area contributed by atoms with Gasteiger partial charge in [0.05, 0.1) is 6.10 Å². The molecular formula is C17H31IO. The molecule has 0 saturated heterocycles. The van der Waals surface area contributed by atoms with Crippen molar-refractivity contribution in [1.29, 1.82) is 0 Å². The van der Waals surface area contributed by atoms with Crippen LogP contribution in [0.2, 0.25) is 0 Å². The summed E-state index contributed by atoms with van der Waals surface area (Å²) in [4.78, 5) is 0. The lowest BCUT2D eigenvalue weighted by atomic mass is 9.63. The molecule has 0 aromatic heterocycles. The van der Waals surface area contributed by atoms with E-state index in [1.54, 1.807) is 0 Å². The van der Waals surface area contributed by atoms with Crippen molar-refractivity contribution >= 4 is 22.6 Å². The molecule has 2 aliphatic rings. The van der Waals surface area contributed by atoms with E-state index in [2.05, 4.69) is 36.4 Å². The zero-order valence-corrected chi connectivity index (χ0v) is 14.9. The number of hydrogen-bond acceptors (Lipinski definition) is 1. The minimum Gasteiger partial charge on any atom is -0.364 e. The molecule has 2 fully saturated rings. The topological polar surface area (TPSA) is 9.23 Å². The minimum absolute atomic E-state index is 0.428. The van der Waals surface area contributed by atoms with Crippen LogP contribution in [0.3, 0.4) is 0 Å². The quantitative estimate of drug-likeness (QED) is 0.410. The lowest BCUT2D eigenvalue weighted by molar-refractivity contribution is -0.0733. The lowest BCUT2D eigenvalue weighted by Gasteiger charge is -2.46. The first-order chi connectivity index (χ1) is 9.26. The highest BCUT2D eigenvalue weighted by Crippen LogP contribution is 2.47. The van der Waals surface area contributed by atoms with E-state index in [1.807, 2.05) is 0 Å². The molecule has 19 heavy (non-hydrogen) atoms. The minimum atomic E-state index is 0.428. The van der Waals surface area contributed by atoms with Gasteiger partial charge in [0.1, 0.15) is 4.11 Å². The molecule has 112 valence electrons. The Hall–Kier alpha value is 0.690. The number of hydrogen-bond donors (Lipinski definition) is 0. The number of ether oxygens (including phenoxy) is 1. The standard InChI is InChI=1S/C17H31IO/c1-3-5-8-13-11-12-16(19-17(18)4-2)15-10-7-6-9-14(13)15/h13-17H,3-12H2,1-2H3/t13?,14?,15?,16?,17-/m0/s1. The summed E-state index contributed by atoms with van der Waals surface area (Å²) in [6.45, 7) is 4.57. The maximum Gasteiger partial charge on any atom is 0.108 e. The smallest absolute Gasteiger partial charge is 0.108 e. The molecule has 0 spiro atoms. The zero-order chi connectivity index (χ0) is 13.7. The van der Waals surface area contributed by atoms with E-state index in [-0.39, 0.29) is 0 Å². The van der Waals surface area contributed by atoms with Gasteiger partial charge in [0.2, 0.25) is 0 Å². The molecule has 0 radical (unpaired) electrons. The number of rotatable bonds is 6. The Morgan fingerprint density at radius 1 is 1.05 bits per heavy atom. The van der Waals surface area contributed by atoms with Gasteiger partial charge in [-0.15, -0.1) is 0 Å². The molecule has 2 aliphatic carbocycles. The van der Waals surface area contributed by atoms with Gasteiger partial charge >= 0.3 is 0 Å². The molecule has 0 bridgehead atoms. The monoisotopic (exact) mass is 378 g/mol. The Morgan fingerprint density at radius 3 is 2.47 bits per heavy atom. The zero-order valence-electron chi connectivity index (χ0n) is 12.7. The van der Waals surface area contributed by atoms with Crippen molar-refractivity contribution in [3.8, 4) is 0 Å². The molecule has 0 aromatic rings. The van der Waals surface area contributed by atoms with Crippen LogP contribution in [0.4, 0.5) is 0 Å². The van der Waals surface area contributed by atoms with E-state index >= 15 is 0 Å². The van der Waals surface area contributed by atoms with Crippen LogP contribution in [0.5, 0.6) is 0 Å². The maximum atomic E-state index is 6.35. The van der Waals surface area contributed by atoms with Crippen molar-refractivity contribution < 1.29 is 4.74 Å². The van der Waals surface area contributed by atoms with Crippen LogP contribution in [0.15, 0.2) is 0 Å². The molecule has 0 N–H and O–H groups in total. The second-order valence-electron chi connectivity index (χ2n) is 6.58. The first kappa shape index (κ1) is 16.1. The van der Waals surface area contributed by atoms with E-state index < -0.39 is 0 Å². The van der Waals surface area contributed by atoms with Gasteiger partial charge in [0.25, 0.3) is 0 Å². The second-order valence-corrected chi connectivity index (χ2v) is 7.97. The number of alkyl halides is 1. The van der Waals surface area contributed by atoms with Crippen LogP contribution in [-0.4, -0.2) is 10.2 Å². The van der Waals surface area contributed by atoms with Gasteiger partial charge in [-0.3, -0.25) is 0 Å². The molecule has 2 heteroatoms. The van der Waals surface area contributed by atoms with Gasteiger partial charge in [0, 0.05) is 0 Å². The highest BCUT2D eigenvalue weighted by atomic mass is 127. The summed E-state index contributed by atoms with van der Waals surface area (Å²) in [6.07, 6.45) is 14.6. The summed E-state index contributed by atoms with van der Waals surface area (Å²) < 4.78 is 6.78. The molecule has 1 nitrogen and oxygen atoms in total. The van der Waals surface area contributed by atoms with Gasteiger partial charge in [-0.25, -0.2) is 0 Å². The Morgan fingerprint density at radius 2 is 1.79 bits per heavy atom. The van der Waals surface area contributed by atoms with Crippen molar-refractivity contribution in [2.75, 3.05) is 0 Å². The average molecular weight is 378 g/mol. The molecule has 2 rings (SSSR count). The highest BCUT2D eigenvalue weighted by Gasteiger charge is 2.41. The third-order valence-corrected chi connectivity index (χ3v) is 6.53. The van der Waals surface area contributed by atoms with Crippen LogP contribution in [0.1, 0.15) is 78.1 Å². The van der Waals surface area contributed by atoms with Gasteiger partial charge in [-0.05, 0) is 49.9 Å². The van der Waals surface area contributed by atoms with Crippen LogP contribution in [0.25, 0.3) is 0 Å². The van der Waals surface area contributed by atoms with E-state index in [1.165, 1.54) is 57.8 Å². The van der Waals surface area contributed by atoms with Crippen molar-refractivity contribution in [3.63, 3.8) is 0 Å². The van der Waals surface area contributed by atoms with Crippen molar-refractivity contribution in [2.45, 2.75) is 88.3 Å². The van der Waals surface area contributed by atoms with Crippen LogP contribution in [-0.2, 0) is 4.74 Å². The van der Waals surface area contributed by atoms with Crippen molar-refractivity contribution in [1.82, 2.24) is 0 Å². The lowest BCUT2D eigenvalue weighted by Crippen LogP contribution is -2.42. The van der Waals surface area contributed by atoms with Gasteiger partial charge in [0.15, 0.2) is 0 Å². The van der Waals surface area contributed by atoms with Gasteiger partial charge in [-0.1, -0.05) is 68.5 Å². The van der Waals surface area contributed by atoms with E-state index in [0.717, 1.165) is 24.2 Å². The third kappa shape index (κ3) is 4.33. The summed E-state index contributed by atoms with van der Waals surface area (Å²) in [5.74, 6) is 2.88. The molecular weight excluding hydrogens is 347 g/mol. The molecule has 5 atom stereocenters. The normalized spacial score (nSPS) is 36.8. The van der Waals surface area contributed by atoms with Crippen LogP contribution >= 0.6 is 22.6 Å². The molecule has 0 heterocycles. The molecule has 0 aromatic carbocycles. The predicted octanol–water partition coefficient (Wildman–Crippen LogP) is 5.95. The van der Waals surface area contributed by atoms with E-state index in [0.29, 0.717) is 10.2 Å².